The first kappa shape index (κ1) is 32.1. The molecule has 7 atom stereocenters. The standard InChI is InChI=1S/C30H42ClFN4O7/c1-30(2,3)11-26(38)36-15-19-14-34(6-7-42-19)29(41)22-9-18(13-35(22)12-17-4-5-20(31)21(32)8-17)33-25(37)10-23-27(39)28(40)24(16-36)43-23/h4-5,8,18-19,22-24,27-28,39-40H,6-7,9-16H2,1-3H3,(H,33,37)/t18-,19-,22-,23-,24+,27-,28+/m0/s1. The minimum Gasteiger partial charge on any atom is -0.388 e. The van der Waals surface area contributed by atoms with E-state index in [-0.39, 0.29) is 79.8 Å². The summed E-state index contributed by atoms with van der Waals surface area (Å²) in [5.74, 6) is -1.21. The number of hydrogen-bond acceptors (Lipinski definition) is 8. The molecule has 3 amide bonds. The lowest BCUT2D eigenvalue weighted by Gasteiger charge is -2.39. The number of aliphatic hydroxyl groups is 2. The zero-order valence-corrected chi connectivity index (χ0v) is 25.6. The summed E-state index contributed by atoms with van der Waals surface area (Å²) < 4.78 is 26.2. The number of benzene rings is 1. The fraction of sp³-hybridized carbons (Fsp3) is 0.700. The van der Waals surface area contributed by atoms with Gasteiger partial charge >= 0.3 is 0 Å². The maximum atomic E-state index is 14.2. The molecule has 4 aliphatic heterocycles. The fourth-order valence-corrected chi connectivity index (χ4v) is 6.59. The Labute approximate surface area is 256 Å². The van der Waals surface area contributed by atoms with E-state index in [1.165, 1.54) is 12.1 Å². The van der Waals surface area contributed by atoms with Gasteiger partial charge in [0.15, 0.2) is 0 Å². The fourth-order valence-electron chi connectivity index (χ4n) is 6.47. The molecular weight excluding hydrogens is 583 g/mol. The third-order valence-electron chi connectivity index (χ3n) is 8.58. The van der Waals surface area contributed by atoms with E-state index in [4.69, 9.17) is 21.1 Å². The first-order valence-corrected chi connectivity index (χ1v) is 15.3. The van der Waals surface area contributed by atoms with E-state index in [1.54, 1.807) is 15.9 Å². The van der Waals surface area contributed by atoms with Crippen LogP contribution >= 0.6 is 11.6 Å². The van der Waals surface area contributed by atoms with Gasteiger partial charge in [-0.1, -0.05) is 38.4 Å². The average molecular weight is 625 g/mol. The second kappa shape index (κ2) is 12.9. The SMILES string of the molecule is CC(C)(C)CC(=O)N1C[C@@H]2CN(CCO2)C(=O)[C@@H]2C[C@@H](CN2Cc2ccc(Cl)c(F)c2)NC(=O)C[C@@H]2O[C@H](C1)[C@@H](O)[C@H]2O. The van der Waals surface area contributed by atoms with Crippen molar-refractivity contribution in [2.75, 3.05) is 39.3 Å². The highest BCUT2D eigenvalue weighted by Gasteiger charge is 2.46. The summed E-state index contributed by atoms with van der Waals surface area (Å²) in [5.41, 5.74) is 0.347. The predicted octanol–water partition coefficient (Wildman–Crippen LogP) is 0.923. The molecule has 11 nitrogen and oxygen atoms in total. The van der Waals surface area contributed by atoms with E-state index in [2.05, 4.69) is 5.32 Å². The van der Waals surface area contributed by atoms with Gasteiger partial charge in [-0.2, -0.15) is 0 Å². The monoisotopic (exact) mass is 624 g/mol. The molecule has 0 radical (unpaired) electrons. The van der Waals surface area contributed by atoms with E-state index < -0.39 is 42.4 Å². The summed E-state index contributed by atoms with van der Waals surface area (Å²) in [6.45, 7) is 7.60. The minimum absolute atomic E-state index is 0.00967. The van der Waals surface area contributed by atoms with Crippen molar-refractivity contribution >= 4 is 29.3 Å². The number of morpholine rings is 1. The quantitative estimate of drug-likeness (QED) is 0.453. The topological polar surface area (TPSA) is 132 Å². The molecule has 0 spiro atoms. The number of halogens is 2. The van der Waals surface area contributed by atoms with Crippen LogP contribution in [0.5, 0.6) is 0 Å². The molecule has 238 valence electrons. The molecule has 1 aromatic carbocycles. The maximum absolute atomic E-state index is 14.2. The number of nitrogens with one attached hydrogen (secondary N) is 1. The van der Waals surface area contributed by atoms with Crippen LogP contribution in [0.25, 0.3) is 0 Å². The van der Waals surface area contributed by atoms with Gasteiger partial charge in [-0.3, -0.25) is 19.3 Å². The maximum Gasteiger partial charge on any atom is 0.240 e. The molecule has 1 aromatic rings. The Kier molecular flexibility index (Phi) is 9.65. The predicted molar refractivity (Wildman–Crippen MR) is 154 cm³/mol. The molecule has 0 aromatic heterocycles. The molecule has 6 bridgehead atoms. The summed E-state index contributed by atoms with van der Waals surface area (Å²) in [6, 6.07) is 3.60. The molecule has 5 rings (SSSR count). The molecule has 4 saturated heterocycles. The smallest absolute Gasteiger partial charge is 0.240 e. The van der Waals surface area contributed by atoms with Crippen molar-refractivity contribution < 1.29 is 38.5 Å². The lowest BCUT2D eigenvalue weighted by Crippen LogP contribution is -2.55. The van der Waals surface area contributed by atoms with Crippen LogP contribution in [-0.2, 0) is 30.4 Å². The van der Waals surface area contributed by atoms with Crippen molar-refractivity contribution in [1.82, 2.24) is 20.0 Å². The first-order chi connectivity index (χ1) is 20.3. The number of carbonyl (C=O) groups excluding carboxylic acids is 3. The van der Waals surface area contributed by atoms with E-state index in [0.717, 1.165) is 0 Å². The average Bonchev–Trinajstić information content (AvgIpc) is 3.43. The summed E-state index contributed by atoms with van der Waals surface area (Å²) in [4.78, 5) is 45.7. The van der Waals surface area contributed by atoms with E-state index in [1.807, 2.05) is 25.7 Å². The molecule has 43 heavy (non-hydrogen) atoms. The van der Waals surface area contributed by atoms with Gasteiger partial charge in [-0.25, -0.2) is 4.39 Å². The number of likely N-dealkylation sites (tertiary alicyclic amines) is 1. The van der Waals surface area contributed by atoms with Crippen molar-refractivity contribution in [3.63, 3.8) is 0 Å². The van der Waals surface area contributed by atoms with Crippen LogP contribution in [0.2, 0.25) is 5.02 Å². The molecule has 0 aliphatic carbocycles. The van der Waals surface area contributed by atoms with Gasteiger partial charge in [0.1, 0.15) is 24.1 Å². The van der Waals surface area contributed by atoms with E-state index in [0.29, 0.717) is 25.1 Å². The highest BCUT2D eigenvalue weighted by molar-refractivity contribution is 6.30. The van der Waals surface area contributed by atoms with Crippen molar-refractivity contribution in [2.24, 2.45) is 5.41 Å². The molecule has 0 saturated carbocycles. The second-order valence-corrected chi connectivity index (χ2v) is 13.8. The zero-order valence-electron chi connectivity index (χ0n) is 24.9. The number of aliphatic hydroxyl groups excluding tert-OH is 2. The molecule has 0 unspecified atom stereocenters. The number of fused-ring (bicyclic) bond motifs is 6. The number of carbonyl (C=O) groups is 3. The second-order valence-electron chi connectivity index (χ2n) is 13.4. The van der Waals surface area contributed by atoms with Gasteiger partial charge in [0, 0.05) is 51.7 Å². The summed E-state index contributed by atoms with van der Waals surface area (Å²) in [5, 5.41) is 24.5. The number of ether oxygens (including phenoxy) is 2. The van der Waals surface area contributed by atoms with Gasteiger partial charge in [-0.05, 0) is 29.5 Å². The van der Waals surface area contributed by atoms with Gasteiger partial charge in [0.05, 0.1) is 36.3 Å². The van der Waals surface area contributed by atoms with Crippen LogP contribution in [0, 0.1) is 11.2 Å². The molecule has 13 heteroatoms. The number of nitrogens with zero attached hydrogens (tertiary/aromatic N) is 3. The van der Waals surface area contributed by atoms with Crippen LogP contribution in [0.4, 0.5) is 4.39 Å². The van der Waals surface area contributed by atoms with E-state index in [9.17, 15) is 29.0 Å². The summed E-state index contributed by atoms with van der Waals surface area (Å²) >= 11 is 5.87. The van der Waals surface area contributed by atoms with Crippen LogP contribution in [0.3, 0.4) is 0 Å². The summed E-state index contributed by atoms with van der Waals surface area (Å²) in [7, 11) is 0. The Morgan fingerprint density at radius 1 is 1.12 bits per heavy atom. The Hall–Kier alpha value is -2.35. The Morgan fingerprint density at radius 2 is 1.86 bits per heavy atom. The highest BCUT2D eigenvalue weighted by atomic mass is 35.5. The van der Waals surface area contributed by atoms with E-state index >= 15 is 0 Å². The molecule has 4 heterocycles. The molecular formula is C30H42ClFN4O7. The molecule has 4 aliphatic rings. The third kappa shape index (κ3) is 7.66. The van der Waals surface area contributed by atoms with Gasteiger partial charge in [0.2, 0.25) is 17.7 Å². The number of rotatable bonds is 3. The zero-order chi connectivity index (χ0) is 31.1. The lowest BCUT2D eigenvalue weighted by atomic mass is 9.91. The van der Waals surface area contributed by atoms with Gasteiger partial charge in [-0.15, -0.1) is 0 Å². The van der Waals surface area contributed by atoms with Crippen LogP contribution < -0.4 is 5.32 Å². The van der Waals surface area contributed by atoms with Crippen molar-refractivity contribution in [1.29, 1.82) is 0 Å². The first-order valence-electron chi connectivity index (χ1n) is 14.9. The van der Waals surface area contributed by atoms with Crippen molar-refractivity contribution in [3.05, 3.63) is 34.6 Å². The highest BCUT2D eigenvalue weighted by Crippen LogP contribution is 2.29. The largest absolute Gasteiger partial charge is 0.388 e. The van der Waals surface area contributed by atoms with Crippen LogP contribution in [-0.4, -0.2) is 125 Å². The lowest BCUT2D eigenvalue weighted by molar-refractivity contribution is -0.148. The van der Waals surface area contributed by atoms with Crippen LogP contribution in [0.1, 0.15) is 45.6 Å². The number of amides is 3. The third-order valence-corrected chi connectivity index (χ3v) is 8.89. The van der Waals surface area contributed by atoms with Gasteiger partial charge in [0.25, 0.3) is 0 Å². The minimum atomic E-state index is -1.30. The van der Waals surface area contributed by atoms with Crippen LogP contribution in [0.15, 0.2) is 18.2 Å². The molecule has 4 fully saturated rings. The van der Waals surface area contributed by atoms with Crippen molar-refractivity contribution in [2.45, 2.75) is 89.2 Å². The Morgan fingerprint density at radius 3 is 2.58 bits per heavy atom. The Bertz CT molecular complexity index is 1220. The molecule has 3 N–H and O–H groups in total. The number of hydrogen-bond donors (Lipinski definition) is 3. The normalized spacial score (nSPS) is 32.7. The van der Waals surface area contributed by atoms with Crippen molar-refractivity contribution in [3.8, 4) is 0 Å². The Balaban J connectivity index is 1.42. The van der Waals surface area contributed by atoms with Gasteiger partial charge < -0.3 is 34.8 Å². The summed E-state index contributed by atoms with van der Waals surface area (Å²) in [6.07, 6.45) is -4.51.